The van der Waals surface area contributed by atoms with Gasteiger partial charge in [-0.1, -0.05) is 38.9 Å². The molecule has 1 unspecified atom stereocenters. The van der Waals surface area contributed by atoms with E-state index in [0.717, 1.165) is 31.2 Å². The van der Waals surface area contributed by atoms with Gasteiger partial charge in [-0.25, -0.2) is 0 Å². The van der Waals surface area contributed by atoms with Gasteiger partial charge in [0.1, 0.15) is 0 Å². The number of aryl methyl sites for hydroxylation is 1. The number of benzene rings is 2. The molecule has 0 aliphatic rings. The average molecular weight is 404 g/mol. The summed E-state index contributed by atoms with van der Waals surface area (Å²) in [5.74, 6) is 0. The van der Waals surface area contributed by atoms with Crippen LogP contribution in [0.15, 0.2) is 36.4 Å². The van der Waals surface area contributed by atoms with Crippen LogP contribution in [0.25, 0.3) is 0 Å². The molecule has 2 rings (SSSR count). The first-order valence-corrected chi connectivity index (χ1v) is 7.94. The maximum absolute atomic E-state index is 13.2. The molecule has 0 radical (unpaired) electrons. The zero-order chi connectivity index (χ0) is 19.9. The molecular weight excluding hydrogens is 394 g/mol. The van der Waals surface area contributed by atoms with E-state index in [1.54, 1.807) is 0 Å². The molecule has 0 fully saturated rings. The summed E-state index contributed by atoms with van der Waals surface area (Å²) in [7, 11) is -1.25. The predicted molar refractivity (Wildman–Crippen MR) is 80.2 cm³/mol. The van der Waals surface area contributed by atoms with E-state index in [-0.39, 0.29) is 11.6 Å². The van der Waals surface area contributed by atoms with Crippen molar-refractivity contribution in [2.24, 2.45) is 0 Å². The fraction of sp³-hybridized carbons (Fsp3) is 0.250. The van der Waals surface area contributed by atoms with Crippen molar-refractivity contribution in [3.8, 4) is 0 Å². The lowest BCUT2D eigenvalue weighted by Gasteiger charge is -2.21. The van der Waals surface area contributed by atoms with Crippen LogP contribution in [-0.2, 0) is 18.5 Å². The lowest BCUT2D eigenvalue weighted by Crippen LogP contribution is -2.26. The van der Waals surface area contributed by atoms with Gasteiger partial charge in [-0.2, -0.15) is 39.5 Å². The highest BCUT2D eigenvalue weighted by atomic mass is 31.1. The summed E-state index contributed by atoms with van der Waals surface area (Å²) in [5, 5.41) is -1.34. The van der Waals surface area contributed by atoms with Crippen molar-refractivity contribution in [1.82, 2.24) is 0 Å². The van der Waals surface area contributed by atoms with E-state index in [4.69, 9.17) is 0 Å². The van der Waals surface area contributed by atoms with E-state index in [9.17, 15) is 39.5 Å². The van der Waals surface area contributed by atoms with E-state index < -0.39 is 54.4 Å². The minimum absolute atomic E-state index is 0.219. The third-order valence-electron chi connectivity index (χ3n) is 3.48. The largest absolute Gasteiger partial charge is 0.417 e. The van der Waals surface area contributed by atoms with Crippen molar-refractivity contribution in [3.63, 3.8) is 0 Å². The van der Waals surface area contributed by atoms with E-state index in [1.807, 2.05) is 0 Å². The Kier molecular flexibility index (Phi) is 5.34. The Labute approximate surface area is 143 Å². The minimum atomic E-state index is -5.36. The SMILES string of the molecule is Cc1cccc(Pc2cccc(C(F)(F)F)c2C(F)(F)F)c1C(F)(F)F. The third-order valence-corrected chi connectivity index (χ3v) is 4.85. The van der Waals surface area contributed by atoms with Gasteiger partial charge in [0.05, 0.1) is 16.7 Å². The smallest absolute Gasteiger partial charge is 0.166 e. The van der Waals surface area contributed by atoms with E-state index in [1.165, 1.54) is 6.07 Å². The molecule has 2 aromatic carbocycles. The maximum Gasteiger partial charge on any atom is 0.417 e. The van der Waals surface area contributed by atoms with Gasteiger partial charge in [0, 0.05) is 0 Å². The molecule has 0 amide bonds. The molecule has 0 bridgehead atoms. The molecule has 0 N–H and O–H groups in total. The van der Waals surface area contributed by atoms with Gasteiger partial charge in [-0.3, -0.25) is 0 Å². The van der Waals surface area contributed by atoms with Gasteiger partial charge in [0.25, 0.3) is 0 Å². The second kappa shape index (κ2) is 6.76. The van der Waals surface area contributed by atoms with Crippen molar-refractivity contribution in [1.29, 1.82) is 0 Å². The molecular formula is C16H10F9P. The summed E-state index contributed by atoms with van der Waals surface area (Å²) >= 11 is 0. The van der Waals surface area contributed by atoms with Crippen LogP contribution in [-0.4, -0.2) is 0 Å². The molecule has 1 atom stereocenters. The summed E-state index contributed by atoms with van der Waals surface area (Å²) in [6, 6.07) is 5.09. The number of alkyl halides is 9. The highest BCUT2D eigenvalue weighted by molar-refractivity contribution is 7.55. The lowest BCUT2D eigenvalue weighted by atomic mass is 10.1. The van der Waals surface area contributed by atoms with Crippen LogP contribution in [0.3, 0.4) is 0 Å². The van der Waals surface area contributed by atoms with Crippen molar-refractivity contribution in [3.05, 3.63) is 58.7 Å². The van der Waals surface area contributed by atoms with Crippen LogP contribution >= 0.6 is 8.58 Å². The van der Waals surface area contributed by atoms with E-state index in [0.29, 0.717) is 0 Å². The normalized spacial score (nSPS) is 13.6. The molecule has 0 aliphatic heterocycles. The van der Waals surface area contributed by atoms with Gasteiger partial charge in [-0.05, 0) is 29.2 Å². The van der Waals surface area contributed by atoms with E-state index in [2.05, 4.69) is 0 Å². The zero-order valence-electron chi connectivity index (χ0n) is 12.9. The van der Waals surface area contributed by atoms with Gasteiger partial charge in [0.15, 0.2) is 0 Å². The van der Waals surface area contributed by atoms with Crippen LogP contribution in [0.2, 0.25) is 0 Å². The third kappa shape index (κ3) is 4.31. The first-order valence-electron chi connectivity index (χ1n) is 6.94. The molecule has 10 heteroatoms. The minimum Gasteiger partial charge on any atom is -0.166 e. The zero-order valence-corrected chi connectivity index (χ0v) is 13.9. The van der Waals surface area contributed by atoms with Gasteiger partial charge in [-0.15, -0.1) is 0 Å². The maximum atomic E-state index is 13.2. The molecule has 2 aromatic rings. The molecule has 0 aromatic heterocycles. The van der Waals surface area contributed by atoms with Gasteiger partial charge < -0.3 is 0 Å². The molecule has 0 saturated carbocycles. The first kappa shape index (κ1) is 20.6. The summed E-state index contributed by atoms with van der Waals surface area (Å²) in [5.41, 5.74) is -5.23. The molecule has 142 valence electrons. The average Bonchev–Trinajstić information content (AvgIpc) is 2.43. The Balaban J connectivity index is 2.68. The fourth-order valence-electron chi connectivity index (χ4n) is 2.49. The number of hydrogen-bond acceptors (Lipinski definition) is 0. The van der Waals surface area contributed by atoms with Crippen molar-refractivity contribution in [2.75, 3.05) is 0 Å². The fourth-order valence-corrected chi connectivity index (χ4v) is 4.01. The van der Waals surface area contributed by atoms with E-state index >= 15 is 0 Å². The summed E-state index contributed by atoms with van der Waals surface area (Å²) in [4.78, 5) is 0. The highest BCUT2D eigenvalue weighted by Crippen LogP contribution is 2.41. The number of rotatable bonds is 2. The lowest BCUT2D eigenvalue weighted by molar-refractivity contribution is -0.161. The summed E-state index contributed by atoms with van der Waals surface area (Å²) < 4.78 is 118. The quantitative estimate of drug-likeness (QED) is 0.446. The van der Waals surface area contributed by atoms with Crippen LogP contribution in [0.4, 0.5) is 39.5 Å². The first-order chi connectivity index (χ1) is 11.7. The molecule has 0 heterocycles. The standard InChI is InChI=1S/C16H10F9P/c1-8-4-2-6-10(12(8)15(20,21)22)26-11-7-3-5-9(14(17,18)19)13(11)16(23,24)25/h2-7,26H,1H3. The Morgan fingerprint density at radius 1 is 0.615 bits per heavy atom. The highest BCUT2D eigenvalue weighted by Gasteiger charge is 2.45. The molecule has 0 nitrogen and oxygen atoms in total. The second-order valence-electron chi connectivity index (χ2n) is 5.34. The summed E-state index contributed by atoms with van der Waals surface area (Å²) in [6.07, 6.45) is -15.5. The van der Waals surface area contributed by atoms with Gasteiger partial charge in [0.2, 0.25) is 0 Å². The second-order valence-corrected chi connectivity index (χ2v) is 6.67. The molecule has 26 heavy (non-hydrogen) atoms. The Morgan fingerprint density at radius 3 is 1.54 bits per heavy atom. The van der Waals surface area contributed by atoms with Crippen molar-refractivity contribution in [2.45, 2.75) is 25.5 Å². The van der Waals surface area contributed by atoms with Crippen LogP contribution in [0.5, 0.6) is 0 Å². The van der Waals surface area contributed by atoms with Crippen LogP contribution in [0, 0.1) is 6.92 Å². The Hall–Kier alpha value is -1.76. The molecule has 0 saturated heterocycles. The van der Waals surface area contributed by atoms with Gasteiger partial charge >= 0.3 is 18.5 Å². The monoisotopic (exact) mass is 404 g/mol. The molecule has 0 spiro atoms. The van der Waals surface area contributed by atoms with Crippen LogP contribution < -0.4 is 10.6 Å². The Morgan fingerprint density at radius 2 is 1.08 bits per heavy atom. The number of halogens is 9. The number of hydrogen-bond donors (Lipinski definition) is 0. The topological polar surface area (TPSA) is 0 Å². The summed E-state index contributed by atoms with van der Waals surface area (Å²) in [6.45, 7) is 1.13. The Bertz CT molecular complexity index is 801. The van der Waals surface area contributed by atoms with Crippen molar-refractivity contribution >= 4 is 19.2 Å². The molecule has 0 aliphatic carbocycles. The van der Waals surface area contributed by atoms with Crippen molar-refractivity contribution < 1.29 is 39.5 Å². The van der Waals surface area contributed by atoms with Crippen LogP contribution in [0.1, 0.15) is 22.3 Å². The predicted octanol–water partition coefficient (Wildman–Crippen LogP) is 5.68.